The first-order valence-electron chi connectivity index (χ1n) is 5.73. The average molecular weight is 241 g/mol. The first kappa shape index (κ1) is 12.1. The fraction of sp³-hybridized carbons (Fsp3) is 0.143. The molecule has 0 radical (unpaired) electrons. The molecule has 4 nitrogen and oxygen atoms in total. The summed E-state index contributed by atoms with van der Waals surface area (Å²) in [5.74, 6) is -0.130. The van der Waals surface area contributed by atoms with Crippen molar-refractivity contribution in [1.29, 1.82) is 0 Å². The van der Waals surface area contributed by atoms with Gasteiger partial charge in [-0.3, -0.25) is 4.79 Å². The smallest absolute Gasteiger partial charge is 0.255 e. The molecule has 0 bridgehead atoms. The first-order valence-corrected chi connectivity index (χ1v) is 5.73. The summed E-state index contributed by atoms with van der Waals surface area (Å²) < 4.78 is 1.75. The second-order valence-corrected chi connectivity index (χ2v) is 3.89. The number of rotatable bonds is 4. The van der Waals surface area contributed by atoms with E-state index in [9.17, 15) is 4.79 Å². The van der Waals surface area contributed by atoms with Crippen LogP contribution in [0.4, 0.5) is 0 Å². The van der Waals surface area contributed by atoms with Gasteiger partial charge in [-0.2, -0.15) is 5.10 Å². The van der Waals surface area contributed by atoms with E-state index in [0.717, 1.165) is 11.4 Å². The Morgan fingerprint density at radius 3 is 2.83 bits per heavy atom. The largest absolute Gasteiger partial charge is 0.348 e. The molecule has 0 unspecified atom stereocenters. The van der Waals surface area contributed by atoms with Gasteiger partial charge in [0, 0.05) is 6.54 Å². The van der Waals surface area contributed by atoms with E-state index in [4.69, 9.17) is 0 Å². The van der Waals surface area contributed by atoms with E-state index < -0.39 is 0 Å². The van der Waals surface area contributed by atoms with Crippen molar-refractivity contribution in [2.24, 2.45) is 0 Å². The number of carbonyl (C=O) groups is 1. The highest BCUT2D eigenvalue weighted by Crippen LogP contribution is 2.13. The van der Waals surface area contributed by atoms with E-state index in [1.54, 1.807) is 17.0 Å². The van der Waals surface area contributed by atoms with Crippen LogP contribution in [-0.4, -0.2) is 22.2 Å². The van der Waals surface area contributed by atoms with Crippen molar-refractivity contribution in [2.75, 3.05) is 6.54 Å². The number of amides is 1. The Morgan fingerprint density at radius 1 is 1.44 bits per heavy atom. The normalized spacial score (nSPS) is 10.1. The molecule has 2 aromatic rings. The summed E-state index contributed by atoms with van der Waals surface area (Å²) in [6.45, 7) is 5.90. The molecule has 4 heteroatoms. The van der Waals surface area contributed by atoms with E-state index >= 15 is 0 Å². The minimum atomic E-state index is -0.130. The van der Waals surface area contributed by atoms with Crippen LogP contribution in [0.3, 0.4) is 0 Å². The van der Waals surface area contributed by atoms with Crippen LogP contribution in [0.25, 0.3) is 5.69 Å². The molecule has 0 saturated heterocycles. The van der Waals surface area contributed by atoms with Gasteiger partial charge >= 0.3 is 0 Å². The number of carbonyl (C=O) groups excluding carboxylic acids is 1. The number of nitrogens with one attached hydrogen (secondary N) is 1. The monoisotopic (exact) mass is 241 g/mol. The highest BCUT2D eigenvalue weighted by atomic mass is 16.1. The van der Waals surface area contributed by atoms with Crippen LogP contribution in [0.5, 0.6) is 0 Å². The van der Waals surface area contributed by atoms with E-state index in [2.05, 4.69) is 17.0 Å². The Kier molecular flexibility index (Phi) is 3.57. The van der Waals surface area contributed by atoms with Gasteiger partial charge in [0.05, 0.1) is 23.1 Å². The third-order valence-corrected chi connectivity index (χ3v) is 2.66. The lowest BCUT2D eigenvalue weighted by Crippen LogP contribution is -2.23. The van der Waals surface area contributed by atoms with Crippen LogP contribution < -0.4 is 5.32 Å². The van der Waals surface area contributed by atoms with Crippen molar-refractivity contribution in [1.82, 2.24) is 15.1 Å². The van der Waals surface area contributed by atoms with Crippen molar-refractivity contribution in [2.45, 2.75) is 6.92 Å². The standard InChI is InChI=1S/C14H15N3O/c1-3-9-15-14(18)13-10-16-17(11(13)2)12-7-5-4-6-8-12/h3-8,10H,1,9H2,2H3,(H,15,18). The predicted octanol–water partition coefficient (Wildman–Crippen LogP) is 2.10. The van der Waals surface area contributed by atoms with Gasteiger partial charge in [0.1, 0.15) is 0 Å². The minimum Gasteiger partial charge on any atom is -0.348 e. The summed E-state index contributed by atoms with van der Waals surface area (Å²) in [5, 5.41) is 6.99. The number of hydrogen-bond donors (Lipinski definition) is 1. The summed E-state index contributed by atoms with van der Waals surface area (Å²) in [4.78, 5) is 11.9. The highest BCUT2D eigenvalue weighted by Gasteiger charge is 2.13. The molecular formula is C14H15N3O. The van der Waals surface area contributed by atoms with Crippen LogP contribution in [-0.2, 0) is 0 Å². The quantitative estimate of drug-likeness (QED) is 0.833. The number of aromatic nitrogens is 2. The summed E-state index contributed by atoms with van der Waals surface area (Å²) >= 11 is 0. The number of para-hydroxylation sites is 1. The van der Waals surface area contributed by atoms with E-state index in [1.165, 1.54) is 0 Å². The lowest BCUT2D eigenvalue weighted by molar-refractivity contribution is 0.0957. The van der Waals surface area contributed by atoms with E-state index in [1.807, 2.05) is 37.3 Å². The van der Waals surface area contributed by atoms with Crippen molar-refractivity contribution in [3.05, 3.63) is 60.4 Å². The molecule has 1 N–H and O–H groups in total. The molecule has 0 aliphatic rings. The zero-order valence-electron chi connectivity index (χ0n) is 10.3. The zero-order valence-corrected chi connectivity index (χ0v) is 10.3. The summed E-state index contributed by atoms with van der Waals surface area (Å²) in [6, 6.07) is 9.72. The van der Waals surface area contributed by atoms with Gasteiger partial charge in [-0.15, -0.1) is 6.58 Å². The van der Waals surface area contributed by atoms with Crippen LogP contribution >= 0.6 is 0 Å². The van der Waals surface area contributed by atoms with Crippen LogP contribution in [0, 0.1) is 6.92 Å². The fourth-order valence-electron chi connectivity index (χ4n) is 1.72. The first-order chi connectivity index (χ1) is 8.74. The Balaban J connectivity index is 2.29. The minimum absolute atomic E-state index is 0.130. The van der Waals surface area contributed by atoms with Crippen molar-refractivity contribution in [3.63, 3.8) is 0 Å². The van der Waals surface area contributed by atoms with E-state index in [-0.39, 0.29) is 5.91 Å². The Hall–Kier alpha value is -2.36. The highest BCUT2D eigenvalue weighted by molar-refractivity contribution is 5.95. The van der Waals surface area contributed by atoms with Crippen LogP contribution in [0.2, 0.25) is 0 Å². The van der Waals surface area contributed by atoms with Crippen molar-refractivity contribution in [3.8, 4) is 5.69 Å². The van der Waals surface area contributed by atoms with E-state index in [0.29, 0.717) is 12.1 Å². The van der Waals surface area contributed by atoms with Gasteiger partial charge in [0.25, 0.3) is 5.91 Å². The maximum Gasteiger partial charge on any atom is 0.255 e. The maximum absolute atomic E-state index is 11.9. The maximum atomic E-state index is 11.9. The molecule has 92 valence electrons. The van der Waals surface area contributed by atoms with Crippen LogP contribution in [0.15, 0.2) is 49.2 Å². The van der Waals surface area contributed by atoms with Gasteiger partial charge in [-0.1, -0.05) is 24.3 Å². The topological polar surface area (TPSA) is 46.9 Å². The SMILES string of the molecule is C=CCNC(=O)c1cnn(-c2ccccc2)c1C. The van der Waals surface area contributed by atoms with Gasteiger partial charge in [0.2, 0.25) is 0 Å². The third kappa shape index (κ3) is 2.32. The van der Waals surface area contributed by atoms with Crippen molar-refractivity contribution >= 4 is 5.91 Å². The van der Waals surface area contributed by atoms with Gasteiger partial charge in [-0.25, -0.2) is 4.68 Å². The second-order valence-electron chi connectivity index (χ2n) is 3.89. The predicted molar refractivity (Wildman–Crippen MR) is 70.8 cm³/mol. The summed E-state index contributed by atoms with van der Waals surface area (Å²) in [5.41, 5.74) is 2.35. The summed E-state index contributed by atoms with van der Waals surface area (Å²) in [7, 11) is 0. The van der Waals surface area contributed by atoms with Gasteiger partial charge in [0.15, 0.2) is 0 Å². The second kappa shape index (κ2) is 5.31. The molecule has 1 aromatic heterocycles. The Morgan fingerprint density at radius 2 is 2.17 bits per heavy atom. The molecule has 1 aromatic carbocycles. The Labute approximate surface area is 106 Å². The molecule has 18 heavy (non-hydrogen) atoms. The lowest BCUT2D eigenvalue weighted by Gasteiger charge is -2.05. The molecule has 0 saturated carbocycles. The molecule has 0 aliphatic heterocycles. The molecule has 0 fully saturated rings. The summed E-state index contributed by atoms with van der Waals surface area (Å²) in [6.07, 6.45) is 3.23. The van der Waals surface area contributed by atoms with Gasteiger partial charge < -0.3 is 5.32 Å². The molecule has 0 spiro atoms. The van der Waals surface area contributed by atoms with Crippen molar-refractivity contribution < 1.29 is 4.79 Å². The molecule has 1 heterocycles. The molecular weight excluding hydrogens is 226 g/mol. The number of hydrogen-bond acceptors (Lipinski definition) is 2. The molecule has 0 atom stereocenters. The lowest BCUT2D eigenvalue weighted by atomic mass is 10.2. The fourth-order valence-corrected chi connectivity index (χ4v) is 1.72. The van der Waals surface area contributed by atoms with Crippen LogP contribution in [0.1, 0.15) is 16.1 Å². The van der Waals surface area contributed by atoms with Gasteiger partial charge in [-0.05, 0) is 19.1 Å². The third-order valence-electron chi connectivity index (χ3n) is 2.66. The average Bonchev–Trinajstić information content (AvgIpc) is 2.79. The molecule has 1 amide bonds. The number of benzene rings is 1. The Bertz CT molecular complexity index is 558. The molecule has 2 rings (SSSR count). The molecule has 0 aliphatic carbocycles. The zero-order chi connectivity index (χ0) is 13.0. The number of nitrogens with zero attached hydrogens (tertiary/aromatic N) is 2.